The molecule has 0 aliphatic carbocycles. The number of amides is 1. The van der Waals surface area contributed by atoms with E-state index in [0.717, 1.165) is 6.07 Å². The maximum Gasteiger partial charge on any atom is 0.449 e. The number of carbonyl (C=O) groups excluding carboxylic acids is 1. The Labute approximate surface area is 185 Å². The first-order chi connectivity index (χ1) is 15.8. The van der Waals surface area contributed by atoms with Crippen molar-refractivity contribution in [1.82, 2.24) is 0 Å². The van der Waals surface area contributed by atoms with Crippen LogP contribution in [-0.4, -0.2) is 17.8 Å². The van der Waals surface area contributed by atoms with Crippen LogP contribution in [0.5, 0.6) is 23.0 Å². The minimum Gasteiger partial charge on any atom is -0.507 e. The highest BCUT2D eigenvalue weighted by molar-refractivity contribution is 6.08. The first-order valence-electron chi connectivity index (χ1n) is 9.78. The van der Waals surface area contributed by atoms with Crippen LogP contribution < -0.4 is 19.1 Å². The Hall–Kier alpha value is -4.08. The van der Waals surface area contributed by atoms with Gasteiger partial charge in [-0.1, -0.05) is 12.6 Å². The standard InChI is InChI=1S/C23H16F3NO6/c1-2-30-16-5-3-4-14-21(16)20(13-8-17-18(9-15(13)28)32-11-31-17)22(29)27(14)10-12-6-7-19(33-12)23(24,25)26/h2-9,20,28H,1,10-11H2. The zero-order valence-electron chi connectivity index (χ0n) is 16.9. The molecule has 10 heteroatoms. The maximum atomic E-state index is 13.6. The monoisotopic (exact) mass is 459 g/mol. The number of hydrogen-bond acceptors (Lipinski definition) is 6. The second kappa shape index (κ2) is 7.51. The van der Waals surface area contributed by atoms with Gasteiger partial charge in [0.2, 0.25) is 18.5 Å². The number of hydrogen-bond donors (Lipinski definition) is 1. The lowest BCUT2D eigenvalue weighted by molar-refractivity contribution is -0.153. The van der Waals surface area contributed by atoms with Crippen LogP contribution in [-0.2, 0) is 17.5 Å². The third kappa shape index (κ3) is 3.43. The number of aromatic hydroxyl groups is 1. The van der Waals surface area contributed by atoms with Crippen molar-refractivity contribution in [3.63, 3.8) is 0 Å². The fourth-order valence-corrected chi connectivity index (χ4v) is 4.05. The van der Waals surface area contributed by atoms with Crippen molar-refractivity contribution < 1.29 is 41.7 Å². The topological polar surface area (TPSA) is 81.4 Å². The Morgan fingerprint density at radius 1 is 1.18 bits per heavy atom. The molecule has 1 unspecified atom stereocenters. The average molecular weight is 459 g/mol. The molecular formula is C23H16F3NO6. The molecule has 1 amide bonds. The maximum absolute atomic E-state index is 13.6. The van der Waals surface area contributed by atoms with Crippen molar-refractivity contribution >= 4 is 11.6 Å². The minimum atomic E-state index is -4.64. The van der Waals surface area contributed by atoms with Gasteiger partial charge in [0.1, 0.15) is 17.3 Å². The Bertz CT molecular complexity index is 1270. The molecular weight excluding hydrogens is 443 g/mol. The molecule has 1 N–H and O–H groups in total. The normalized spacial score (nSPS) is 16.8. The highest BCUT2D eigenvalue weighted by Crippen LogP contribution is 2.51. The molecule has 2 aromatic carbocycles. The third-order valence-corrected chi connectivity index (χ3v) is 5.43. The van der Waals surface area contributed by atoms with E-state index in [1.807, 2.05) is 0 Å². The lowest BCUT2D eigenvalue weighted by Crippen LogP contribution is -2.28. The fraction of sp³-hybridized carbons (Fsp3) is 0.174. The summed E-state index contributed by atoms with van der Waals surface area (Å²) in [5.74, 6) is -1.88. The van der Waals surface area contributed by atoms with Crippen molar-refractivity contribution in [3.8, 4) is 23.0 Å². The molecule has 0 radical (unpaired) electrons. The van der Waals surface area contributed by atoms with Crippen LogP contribution in [0.25, 0.3) is 0 Å². The van der Waals surface area contributed by atoms with Crippen LogP contribution in [0.2, 0.25) is 0 Å². The fourth-order valence-electron chi connectivity index (χ4n) is 4.05. The predicted octanol–water partition coefficient (Wildman–Crippen LogP) is 4.93. The lowest BCUT2D eigenvalue weighted by atomic mass is 9.90. The number of alkyl halides is 3. The Morgan fingerprint density at radius 3 is 2.64 bits per heavy atom. The van der Waals surface area contributed by atoms with Gasteiger partial charge in [-0.3, -0.25) is 4.79 Å². The molecule has 1 atom stereocenters. The lowest BCUT2D eigenvalue weighted by Gasteiger charge is -2.17. The number of ether oxygens (including phenoxy) is 3. The zero-order chi connectivity index (χ0) is 23.3. The number of furan rings is 1. The van der Waals surface area contributed by atoms with Gasteiger partial charge >= 0.3 is 6.18 Å². The summed E-state index contributed by atoms with van der Waals surface area (Å²) in [6.45, 7) is 3.28. The zero-order valence-corrected chi connectivity index (χ0v) is 16.9. The number of anilines is 1. The number of carbonyl (C=O) groups is 1. The molecule has 0 fully saturated rings. The van der Waals surface area contributed by atoms with E-state index < -0.39 is 23.8 Å². The van der Waals surface area contributed by atoms with Gasteiger partial charge in [0, 0.05) is 17.2 Å². The van der Waals surface area contributed by atoms with Crippen LogP contribution >= 0.6 is 0 Å². The van der Waals surface area contributed by atoms with Crippen molar-refractivity contribution in [2.45, 2.75) is 18.6 Å². The van der Waals surface area contributed by atoms with Crippen LogP contribution in [0.3, 0.4) is 0 Å². The molecule has 1 aromatic heterocycles. The Morgan fingerprint density at radius 2 is 1.94 bits per heavy atom. The SMILES string of the molecule is C=COc1cccc2c1C(c1cc3c(cc1O)OCO3)C(=O)N2Cc1ccc(C(F)(F)F)o1. The van der Waals surface area contributed by atoms with Crippen LogP contribution in [0.15, 0.2) is 59.7 Å². The number of phenolic OH excluding ortho intramolecular Hbond substituents is 1. The van der Waals surface area contributed by atoms with Gasteiger partial charge in [0.05, 0.1) is 24.4 Å². The average Bonchev–Trinajstić information content (AvgIpc) is 3.47. The molecule has 170 valence electrons. The summed E-state index contributed by atoms with van der Waals surface area (Å²) in [4.78, 5) is 14.9. The van der Waals surface area contributed by atoms with Crippen LogP contribution in [0.4, 0.5) is 18.9 Å². The molecule has 0 saturated carbocycles. The number of halogens is 3. The second-order valence-corrected chi connectivity index (χ2v) is 7.36. The molecule has 0 saturated heterocycles. The molecule has 5 rings (SSSR count). The summed E-state index contributed by atoms with van der Waals surface area (Å²) in [6, 6.07) is 9.76. The number of nitrogens with zero attached hydrogens (tertiary/aromatic N) is 1. The summed E-state index contributed by atoms with van der Waals surface area (Å²) >= 11 is 0. The summed E-state index contributed by atoms with van der Waals surface area (Å²) in [7, 11) is 0. The van der Waals surface area contributed by atoms with E-state index in [1.54, 1.807) is 18.2 Å². The highest BCUT2D eigenvalue weighted by Gasteiger charge is 2.43. The summed E-state index contributed by atoms with van der Waals surface area (Å²) in [5.41, 5.74) is 1.08. The molecule has 7 nitrogen and oxygen atoms in total. The van der Waals surface area contributed by atoms with Gasteiger partial charge in [-0.25, -0.2) is 0 Å². The number of phenols is 1. The van der Waals surface area contributed by atoms with Gasteiger partial charge in [0.15, 0.2) is 11.5 Å². The smallest absolute Gasteiger partial charge is 0.449 e. The van der Waals surface area contributed by atoms with E-state index in [1.165, 1.54) is 29.4 Å². The number of fused-ring (bicyclic) bond motifs is 2. The predicted molar refractivity (Wildman–Crippen MR) is 108 cm³/mol. The number of benzene rings is 2. The van der Waals surface area contributed by atoms with Gasteiger partial charge in [0.25, 0.3) is 0 Å². The molecule has 0 spiro atoms. The first kappa shape index (κ1) is 20.8. The van der Waals surface area contributed by atoms with Crippen molar-refractivity contribution in [3.05, 3.63) is 78.0 Å². The minimum absolute atomic E-state index is 0.0234. The van der Waals surface area contributed by atoms with E-state index in [9.17, 15) is 23.1 Å². The van der Waals surface area contributed by atoms with Crippen molar-refractivity contribution in [2.75, 3.05) is 11.7 Å². The van der Waals surface area contributed by atoms with E-state index >= 15 is 0 Å². The van der Waals surface area contributed by atoms with E-state index in [-0.39, 0.29) is 30.4 Å². The molecule has 2 aliphatic rings. The van der Waals surface area contributed by atoms with Crippen LogP contribution in [0, 0.1) is 0 Å². The van der Waals surface area contributed by atoms with Crippen molar-refractivity contribution in [1.29, 1.82) is 0 Å². The van der Waals surface area contributed by atoms with Gasteiger partial charge in [-0.15, -0.1) is 0 Å². The van der Waals surface area contributed by atoms with E-state index in [0.29, 0.717) is 28.5 Å². The molecule has 3 heterocycles. The summed E-state index contributed by atoms with van der Waals surface area (Å²) in [6.07, 6.45) is -3.45. The first-order valence-corrected chi connectivity index (χ1v) is 9.78. The van der Waals surface area contributed by atoms with E-state index in [2.05, 4.69) is 6.58 Å². The summed E-state index contributed by atoms with van der Waals surface area (Å²) < 4.78 is 59.9. The van der Waals surface area contributed by atoms with Crippen LogP contribution in [0.1, 0.15) is 28.6 Å². The van der Waals surface area contributed by atoms with E-state index in [4.69, 9.17) is 18.6 Å². The summed E-state index contributed by atoms with van der Waals surface area (Å²) in [5, 5.41) is 10.7. The Balaban J connectivity index is 1.60. The Kier molecular flexibility index (Phi) is 4.73. The second-order valence-electron chi connectivity index (χ2n) is 7.36. The van der Waals surface area contributed by atoms with Gasteiger partial charge in [-0.2, -0.15) is 13.2 Å². The quantitative estimate of drug-likeness (QED) is 0.545. The molecule has 3 aromatic rings. The molecule has 33 heavy (non-hydrogen) atoms. The third-order valence-electron chi connectivity index (χ3n) is 5.43. The largest absolute Gasteiger partial charge is 0.507 e. The number of rotatable bonds is 5. The molecule has 2 aliphatic heterocycles. The van der Waals surface area contributed by atoms with Crippen molar-refractivity contribution in [2.24, 2.45) is 0 Å². The molecule has 0 bridgehead atoms. The van der Waals surface area contributed by atoms with Gasteiger partial charge in [-0.05, 0) is 30.3 Å². The highest BCUT2D eigenvalue weighted by atomic mass is 19.4. The van der Waals surface area contributed by atoms with Gasteiger partial charge < -0.3 is 28.6 Å².